The quantitative estimate of drug-likeness (QED) is 0.197. The van der Waals surface area contributed by atoms with Crippen LogP contribution in [0.3, 0.4) is 0 Å². The summed E-state index contributed by atoms with van der Waals surface area (Å²) in [6, 6.07) is 7.49. The highest BCUT2D eigenvalue weighted by Crippen LogP contribution is 2.45. The van der Waals surface area contributed by atoms with Gasteiger partial charge in [0.2, 0.25) is 5.91 Å². The first kappa shape index (κ1) is 30.4. The zero-order valence-electron chi connectivity index (χ0n) is 25.5. The highest BCUT2D eigenvalue weighted by molar-refractivity contribution is 5.86. The van der Waals surface area contributed by atoms with Gasteiger partial charge in [-0.3, -0.25) is 4.79 Å². The lowest BCUT2D eigenvalue weighted by atomic mass is 9.67. The van der Waals surface area contributed by atoms with E-state index in [1.165, 1.54) is 102 Å². The minimum atomic E-state index is -0.0373. The second-order valence-electron chi connectivity index (χ2n) is 13.3. The van der Waals surface area contributed by atoms with Crippen molar-refractivity contribution >= 4 is 5.91 Å². The third kappa shape index (κ3) is 8.69. The van der Waals surface area contributed by atoms with E-state index in [1.54, 1.807) is 16.0 Å². The van der Waals surface area contributed by atoms with Crippen LogP contribution >= 0.6 is 0 Å². The zero-order chi connectivity index (χ0) is 27.6. The van der Waals surface area contributed by atoms with E-state index in [9.17, 15) is 4.79 Å². The van der Waals surface area contributed by atoms with Crippen molar-refractivity contribution in [1.82, 2.24) is 4.90 Å². The number of benzene rings is 1. The summed E-state index contributed by atoms with van der Waals surface area (Å²) >= 11 is 0. The van der Waals surface area contributed by atoms with Crippen LogP contribution in [0.15, 0.2) is 30.9 Å². The zero-order valence-corrected chi connectivity index (χ0v) is 25.5. The SMILES string of the molecule is C=CC(=O)N(C)CCOC1CCC(c2ccc(C3CCC(C4CCC(CCCCC)CC4)CC3)cc2C)CC1. The molecule has 0 saturated heterocycles. The lowest BCUT2D eigenvalue weighted by Gasteiger charge is -2.38. The molecular weight excluding hydrogens is 478 g/mol. The molecule has 39 heavy (non-hydrogen) atoms. The molecule has 0 N–H and O–H groups in total. The Morgan fingerprint density at radius 2 is 1.56 bits per heavy atom. The lowest BCUT2D eigenvalue weighted by Crippen LogP contribution is -2.30. The molecule has 0 aliphatic heterocycles. The van der Waals surface area contributed by atoms with Crippen LogP contribution in [0, 0.1) is 24.7 Å². The standard InChI is InChI=1S/C36H57NO2/c1-5-7-8-9-28-10-12-29(13-11-28)30-14-16-31(17-15-30)33-20-23-35(27(3)26-33)32-18-21-34(22-19-32)39-25-24-37(4)36(38)6-2/h6,20,23,26,28-32,34H,2,5,7-19,21-22,24-25H2,1,3-4H3. The Morgan fingerprint density at radius 3 is 2.18 bits per heavy atom. The van der Waals surface area contributed by atoms with E-state index in [0.717, 1.165) is 36.5 Å². The van der Waals surface area contributed by atoms with Gasteiger partial charge in [-0.25, -0.2) is 0 Å². The summed E-state index contributed by atoms with van der Waals surface area (Å²) in [7, 11) is 1.81. The van der Waals surface area contributed by atoms with Crippen molar-refractivity contribution in [2.45, 2.75) is 135 Å². The number of hydrogen-bond acceptors (Lipinski definition) is 2. The number of likely N-dealkylation sites (N-methyl/N-ethyl adjacent to an activating group) is 1. The summed E-state index contributed by atoms with van der Waals surface area (Å²) in [5, 5.41) is 0. The van der Waals surface area contributed by atoms with Crippen LogP contribution in [0.2, 0.25) is 0 Å². The Kier molecular flexibility index (Phi) is 12.0. The van der Waals surface area contributed by atoms with E-state index in [1.807, 2.05) is 7.05 Å². The first-order chi connectivity index (χ1) is 19.0. The molecule has 3 nitrogen and oxygen atoms in total. The number of aryl methyl sites for hydroxylation is 1. The van der Waals surface area contributed by atoms with Gasteiger partial charge in [0, 0.05) is 13.6 Å². The molecule has 1 amide bonds. The largest absolute Gasteiger partial charge is 0.376 e. The summed E-state index contributed by atoms with van der Waals surface area (Å²) in [5.74, 6) is 4.45. The molecule has 3 saturated carbocycles. The fourth-order valence-corrected chi connectivity index (χ4v) is 8.13. The smallest absolute Gasteiger partial charge is 0.245 e. The average molecular weight is 536 g/mol. The molecule has 0 bridgehead atoms. The summed E-state index contributed by atoms with van der Waals surface area (Å²) in [6.45, 7) is 9.47. The van der Waals surface area contributed by atoms with Gasteiger partial charge in [0.25, 0.3) is 0 Å². The van der Waals surface area contributed by atoms with Gasteiger partial charge in [-0.05, 0) is 123 Å². The van der Waals surface area contributed by atoms with Crippen LogP contribution in [0.4, 0.5) is 0 Å². The maximum atomic E-state index is 11.6. The van der Waals surface area contributed by atoms with Crippen molar-refractivity contribution in [3.63, 3.8) is 0 Å². The molecule has 0 atom stereocenters. The summed E-state index contributed by atoms with van der Waals surface area (Å²) in [6.07, 6.45) is 23.9. The molecule has 3 aliphatic rings. The van der Waals surface area contributed by atoms with Crippen molar-refractivity contribution in [1.29, 1.82) is 0 Å². The van der Waals surface area contributed by atoms with Crippen LogP contribution in [0.1, 0.15) is 138 Å². The Morgan fingerprint density at radius 1 is 0.923 bits per heavy atom. The van der Waals surface area contributed by atoms with Crippen LogP contribution in [-0.2, 0) is 9.53 Å². The molecule has 0 heterocycles. The maximum absolute atomic E-state index is 11.6. The van der Waals surface area contributed by atoms with Crippen LogP contribution < -0.4 is 0 Å². The molecule has 1 aromatic carbocycles. The number of rotatable bonds is 12. The normalized spacial score (nSPS) is 29.6. The van der Waals surface area contributed by atoms with Gasteiger partial charge in [0.1, 0.15) is 0 Å². The Labute approximate surface area is 240 Å². The molecule has 0 radical (unpaired) electrons. The van der Waals surface area contributed by atoms with Gasteiger partial charge in [-0.2, -0.15) is 0 Å². The Balaban J connectivity index is 1.18. The number of hydrogen-bond donors (Lipinski definition) is 0. The van der Waals surface area contributed by atoms with Gasteiger partial charge in [0.05, 0.1) is 12.7 Å². The Bertz CT molecular complexity index is 885. The number of nitrogens with zero attached hydrogens (tertiary/aromatic N) is 1. The lowest BCUT2D eigenvalue weighted by molar-refractivity contribution is -0.125. The summed E-state index contributed by atoms with van der Waals surface area (Å²) in [5.41, 5.74) is 4.67. The molecule has 3 fully saturated rings. The number of carbonyl (C=O) groups excluding carboxylic acids is 1. The molecule has 0 aromatic heterocycles. The number of unbranched alkanes of at least 4 members (excludes halogenated alkanes) is 2. The van der Waals surface area contributed by atoms with E-state index >= 15 is 0 Å². The van der Waals surface area contributed by atoms with Crippen LogP contribution in [0.25, 0.3) is 0 Å². The van der Waals surface area contributed by atoms with Crippen molar-refractivity contribution in [2.24, 2.45) is 17.8 Å². The predicted octanol–water partition coefficient (Wildman–Crippen LogP) is 9.34. The maximum Gasteiger partial charge on any atom is 0.245 e. The van der Waals surface area contributed by atoms with E-state index in [4.69, 9.17) is 4.74 Å². The molecule has 1 aromatic rings. The van der Waals surface area contributed by atoms with Gasteiger partial charge in [-0.15, -0.1) is 0 Å². The average Bonchev–Trinajstić information content (AvgIpc) is 2.97. The third-order valence-corrected chi connectivity index (χ3v) is 10.8. The van der Waals surface area contributed by atoms with Crippen molar-refractivity contribution in [2.75, 3.05) is 20.2 Å². The van der Waals surface area contributed by atoms with E-state index in [2.05, 4.69) is 38.6 Å². The third-order valence-electron chi connectivity index (χ3n) is 10.8. The first-order valence-corrected chi connectivity index (χ1v) is 16.6. The van der Waals surface area contributed by atoms with Gasteiger partial charge in [0.15, 0.2) is 0 Å². The second kappa shape index (κ2) is 15.4. The fourth-order valence-electron chi connectivity index (χ4n) is 8.13. The number of ether oxygens (including phenoxy) is 1. The molecule has 0 unspecified atom stereocenters. The monoisotopic (exact) mass is 535 g/mol. The van der Waals surface area contributed by atoms with Gasteiger partial charge >= 0.3 is 0 Å². The van der Waals surface area contributed by atoms with E-state index in [0.29, 0.717) is 25.2 Å². The van der Waals surface area contributed by atoms with Crippen LogP contribution in [0.5, 0.6) is 0 Å². The highest BCUT2D eigenvalue weighted by Gasteiger charge is 2.31. The molecule has 3 aliphatic carbocycles. The molecule has 3 heteroatoms. The van der Waals surface area contributed by atoms with E-state index in [-0.39, 0.29) is 5.91 Å². The summed E-state index contributed by atoms with van der Waals surface area (Å²) < 4.78 is 6.11. The predicted molar refractivity (Wildman–Crippen MR) is 164 cm³/mol. The molecule has 218 valence electrons. The molecular formula is C36H57NO2. The number of amides is 1. The minimum absolute atomic E-state index is 0.0373. The van der Waals surface area contributed by atoms with Crippen molar-refractivity contribution in [3.8, 4) is 0 Å². The molecule has 4 rings (SSSR count). The van der Waals surface area contributed by atoms with Crippen molar-refractivity contribution < 1.29 is 9.53 Å². The minimum Gasteiger partial charge on any atom is -0.376 e. The Hall–Kier alpha value is -1.61. The van der Waals surface area contributed by atoms with Crippen molar-refractivity contribution in [3.05, 3.63) is 47.5 Å². The summed E-state index contributed by atoms with van der Waals surface area (Å²) in [4.78, 5) is 13.3. The van der Waals surface area contributed by atoms with Gasteiger partial charge < -0.3 is 9.64 Å². The van der Waals surface area contributed by atoms with Gasteiger partial charge in [-0.1, -0.05) is 70.2 Å². The fraction of sp³-hybridized carbons (Fsp3) is 0.750. The first-order valence-electron chi connectivity index (χ1n) is 16.6. The second-order valence-corrected chi connectivity index (χ2v) is 13.3. The van der Waals surface area contributed by atoms with E-state index < -0.39 is 0 Å². The highest BCUT2D eigenvalue weighted by atomic mass is 16.5. The molecule has 0 spiro atoms. The number of carbonyl (C=O) groups is 1. The van der Waals surface area contributed by atoms with Crippen LogP contribution in [-0.4, -0.2) is 37.1 Å². The topological polar surface area (TPSA) is 29.5 Å².